The van der Waals surface area contributed by atoms with Gasteiger partial charge in [0, 0.05) is 17.9 Å². The number of ketones is 1. The van der Waals surface area contributed by atoms with Crippen molar-refractivity contribution in [3.05, 3.63) is 55.8 Å². The molecule has 0 aliphatic carbocycles. The zero-order chi connectivity index (χ0) is 17.7. The first kappa shape index (κ1) is 17.6. The van der Waals surface area contributed by atoms with Crippen molar-refractivity contribution < 1.29 is 19.2 Å². The van der Waals surface area contributed by atoms with Gasteiger partial charge in [0.15, 0.2) is 12.4 Å². The summed E-state index contributed by atoms with van der Waals surface area (Å²) in [7, 11) is 0. The van der Waals surface area contributed by atoms with Crippen LogP contribution in [0.2, 0.25) is 0 Å². The Morgan fingerprint density at radius 1 is 1.29 bits per heavy atom. The Kier molecular flexibility index (Phi) is 5.64. The molecule has 0 unspecified atom stereocenters. The number of nitro groups is 1. The Morgan fingerprint density at radius 3 is 2.71 bits per heavy atom. The minimum absolute atomic E-state index is 0.0726. The lowest BCUT2D eigenvalue weighted by Gasteiger charge is -2.06. The number of ether oxygens (including phenoxy) is 1. The number of amides is 1. The molecule has 0 fully saturated rings. The van der Waals surface area contributed by atoms with Gasteiger partial charge in [0.1, 0.15) is 0 Å². The molecule has 0 atom stereocenters. The Morgan fingerprint density at radius 2 is 2.04 bits per heavy atom. The highest BCUT2D eigenvalue weighted by molar-refractivity contribution is 7.14. The maximum atomic E-state index is 12.2. The number of hydrogen-bond acceptors (Lipinski definition) is 6. The molecule has 1 aromatic heterocycles. The fourth-order valence-corrected chi connectivity index (χ4v) is 2.81. The molecule has 1 amide bonds. The van der Waals surface area contributed by atoms with Gasteiger partial charge in [0.25, 0.3) is 0 Å². The predicted octanol–water partition coefficient (Wildman–Crippen LogP) is 2.86. The molecule has 2 aromatic rings. The fourth-order valence-electron chi connectivity index (χ4n) is 1.94. The molecule has 1 N–H and O–H groups in total. The number of nitrogens with zero attached hydrogens (tertiary/aromatic N) is 1. The normalized spacial score (nSPS) is 10.2. The molecule has 7 nitrogen and oxygen atoms in total. The quantitative estimate of drug-likeness (QED) is 0.471. The smallest absolute Gasteiger partial charge is 0.310 e. The van der Waals surface area contributed by atoms with E-state index in [4.69, 9.17) is 4.74 Å². The average Bonchev–Trinajstić information content (AvgIpc) is 2.99. The number of aryl methyl sites for hydroxylation is 1. The zero-order valence-corrected chi connectivity index (χ0v) is 14.0. The lowest BCUT2D eigenvalue weighted by atomic mass is 10.2. The highest BCUT2D eigenvalue weighted by Crippen LogP contribution is 2.28. The average molecular weight is 348 g/mol. The summed E-state index contributed by atoms with van der Waals surface area (Å²) in [5.41, 5.74) is 0.627. The number of benzene rings is 1. The van der Waals surface area contributed by atoms with Gasteiger partial charge in [-0.15, -0.1) is 11.3 Å². The Bertz CT molecular complexity index is 785. The summed E-state index contributed by atoms with van der Waals surface area (Å²) in [5.74, 6) is -0.348. The van der Waals surface area contributed by atoms with Gasteiger partial charge < -0.3 is 10.1 Å². The van der Waals surface area contributed by atoms with Gasteiger partial charge in [-0.05, 0) is 30.7 Å². The SMILES string of the molecule is CC(=O)NCc1ccc(C(=O)COc2cc(C)ccc2[N+](=O)[O-])s1. The van der Waals surface area contributed by atoms with E-state index in [0.29, 0.717) is 11.4 Å². The minimum atomic E-state index is -0.546. The maximum Gasteiger partial charge on any atom is 0.310 e. The van der Waals surface area contributed by atoms with Crippen LogP contribution in [0.15, 0.2) is 30.3 Å². The summed E-state index contributed by atoms with van der Waals surface area (Å²) in [6.07, 6.45) is 0. The van der Waals surface area contributed by atoms with Crippen molar-refractivity contribution in [1.29, 1.82) is 0 Å². The molecule has 1 aromatic carbocycles. The molecular weight excluding hydrogens is 332 g/mol. The van der Waals surface area contributed by atoms with E-state index in [1.807, 2.05) is 0 Å². The van der Waals surface area contributed by atoms with Crippen LogP contribution in [-0.4, -0.2) is 23.2 Å². The highest BCUT2D eigenvalue weighted by atomic mass is 32.1. The third kappa shape index (κ3) is 4.63. The van der Waals surface area contributed by atoms with Crippen LogP contribution in [0.4, 0.5) is 5.69 Å². The van der Waals surface area contributed by atoms with E-state index in [-0.39, 0.29) is 29.7 Å². The van der Waals surface area contributed by atoms with Crippen LogP contribution in [0.25, 0.3) is 0 Å². The van der Waals surface area contributed by atoms with Gasteiger partial charge in [-0.25, -0.2) is 0 Å². The lowest BCUT2D eigenvalue weighted by Crippen LogP contribution is -2.18. The maximum absolute atomic E-state index is 12.2. The third-order valence-electron chi connectivity index (χ3n) is 3.12. The van der Waals surface area contributed by atoms with Crippen molar-refractivity contribution in [3.63, 3.8) is 0 Å². The van der Waals surface area contributed by atoms with Gasteiger partial charge in [-0.1, -0.05) is 6.07 Å². The Balaban J connectivity index is 2.02. The number of Topliss-reactive ketones (excluding diaryl/α,β-unsaturated/α-hetero) is 1. The predicted molar refractivity (Wildman–Crippen MR) is 89.5 cm³/mol. The summed E-state index contributed by atoms with van der Waals surface area (Å²) in [6.45, 7) is 3.27. The summed E-state index contributed by atoms with van der Waals surface area (Å²) in [5, 5.41) is 13.6. The molecular formula is C16H16N2O5S. The molecule has 0 aliphatic rings. The van der Waals surface area contributed by atoms with Crippen molar-refractivity contribution in [2.24, 2.45) is 0 Å². The number of nitrogens with one attached hydrogen (secondary N) is 1. The van der Waals surface area contributed by atoms with E-state index < -0.39 is 4.92 Å². The molecule has 8 heteroatoms. The molecule has 1 heterocycles. The topological polar surface area (TPSA) is 98.5 Å². The number of nitro benzene ring substituents is 1. The van der Waals surface area contributed by atoms with Crippen LogP contribution in [0.3, 0.4) is 0 Å². The van der Waals surface area contributed by atoms with Crippen molar-refractivity contribution in [2.75, 3.05) is 6.61 Å². The van der Waals surface area contributed by atoms with E-state index in [9.17, 15) is 19.7 Å². The summed E-state index contributed by atoms with van der Waals surface area (Å²) in [6, 6.07) is 7.90. The first-order chi connectivity index (χ1) is 11.4. The van der Waals surface area contributed by atoms with Gasteiger partial charge in [-0.3, -0.25) is 19.7 Å². The number of carbonyl (C=O) groups excluding carboxylic acids is 2. The molecule has 0 saturated heterocycles. The Hall–Kier alpha value is -2.74. The second-order valence-electron chi connectivity index (χ2n) is 5.12. The molecule has 0 radical (unpaired) electrons. The van der Waals surface area contributed by atoms with Crippen molar-refractivity contribution >= 4 is 28.7 Å². The molecule has 0 aliphatic heterocycles. The minimum Gasteiger partial charge on any atom is -0.478 e. The van der Waals surface area contributed by atoms with Gasteiger partial charge in [0.2, 0.25) is 11.7 Å². The van der Waals surface area contributed by atoms with E-state index in [0.717, 1.165) is 10.4 Å². The lowest BCUT2D eigenvalue weighted by molar-refractivity contribution is -0.385. The third-order valence-corrected chi connectivity index (χ3v) is 4.25. The zero-order valence-electron chi connectivity index (χ0n) is 13.2. The first-order valence-electron chi connectivity index (χ1n) is 7.11. The van der Waals surface area contributed by atoms with Crippen LogP contribution in [0.1, 0.15) is 27.0 Å². The number of carbonyl (C=O) groups is 2. The van der Waals surface area contributed by atoms with E-state index in [2.05, 4.69) is 5.32 Å². The largest absolute Gasteiger partial charge is 0.478 e. The summed E-state index contributed by atoms with van der Waals surface area (Å²) < 4.78 is 5.35. The monoisotopic (exact) mass is 348 g/mol. The number of hydrogen-bond donors (Lipinski definition) is 1. The summed E-state index contributed by atoms with van der Waals surface area (Å²) in [4.78, 5) is 34.8. The van der Waals surface area contributed by atoms with Gasteiger partial charge in [0.05, 0.1) is 16.3 Å². The standard InChI is InChI=1S/C16H16N2O5S/c1-10-3-5-13(18(21)22)15(7-10)23-9-14(20)16-6-4-12(24-16)8-17-11(2)19/h3-7H,8-9H2,1-2H3,(H,17,19). The van der Waals surface area contributed by atoms with Gasteiger partial charge in [-0.2, -0.15) is 0 Å². The van der Waals surface area contributed by atoms with Crippen molar-refractivity contribution in [3.8, 4) is 5.75 Å². The second kappa shape index (κ2) is 7.69. The summed E-state index contributed by atoms with van der Waals surface area (Å²) >= 11 is 1.25. The number of thiophene rings is 1. The van der Waals surface area contributed by atoms with Crippen LogP contribution in [0.5, 0.6) is 5.75 Å². The molecule has 2 rings (SSSR count). The van der Waals surface area contributed by atoms with Crippen LogP contribution < -0.4 is 10.1 Å². The fraction of sp³-hybridized carbons (Fsp3) is 0.250. The molecule has 0 spiro atoms. The molecule has 126 valence electrons. The van der Waals surface area contributed by atoms with Crippen molar-refractivity contribution in [2.45, 2.75) is 20.4 Å². The van der Waals surface area contributed by atoms with Crippen LogP contribution in [0, 0.1) is 17.0 Å². The molecule has 0 saturated carbocycles. The van der Waals surface area contributed by atoms with Crippen LogP contribution >= 0.6 is 11.3 Å². The second-order valence-corrected chi connectivity index (χ2v) is 6.28. The van der Waals surface area contributed by atoms with E-state index >= 15 is 0 Å². The van der Waals surface area contributed by atoms with Gasteiger partial charge >= 0.3 is 5.69 Å². The van der Waals surface area contributed by atoms with Crippen LogP contribution in [-0.2, 0) is 11.3 Å². The highest BCUT2D eigenvalue weighted by Gasteiger charge is 2.17. The Labute approximate surface area is 142 Å². The molecule has 24 heavy (non-hydrogen) atoms. The van der Waals surface area contributed by atoms with Crippen molar-refractivity contribution in [1.82, 2.24) is 5.32 Å². The first-order valence-corrected chi connectivity index (χ1v) is 7.92. The van der Waals surface area contributed by atoms with E-state index in [1.165, 1.54) is 30.4 Å². The molecule has 0 bridgehead atoms. The number of rotatable bonds is 7. The van der Waals surface area contributed by atoms with E-state index in [1.54, 1.807) is 25.1 Å².